The zero-order valence-corrected chi connectivity index (χ0v) is 8.82. The summed E-state index contributed by atoms with van der Waals surface area (Å²) in [7, 11) is -1.95. The van der Waals surface area contributed by atoms with Crippen molar-refractivity contribution in [1.29, 1.82) is 0 Å². The van der Waals surface area contributed by atoms with Crippen LogP contribution in [0.25, 0.3) is 0 Å². The van der Waals surface area contributed by atoms with Gasteiger partial charge in [0.1, 0.15) is 0 Å². The molecule has 0 aromatic carbocycles. The van der Waals surface area contributed by atoms with Crippen LogP contribution in [0, 0.1) is 0 Å². The van der Waals surface area contributed by atoms with Crippen molar-refractivity contribution in [2.45, 2.75) is 31.9 Å². The molecular formula is C6H16OSi2. The number of hydrogen-bond donors (Lipinski definition) is 0. The average Bonchev–Trinajstić information content (AvgIpc) is 1.78. The van der Waals surface area contributed by atoms with Gasteiger partial charge in [-0.2, -0.15) is 0 Å². The molecule has 9 heavy (non-hydrogen) atoms. The molecule has 1 saturated heterocycles. The van der Waals surface area contributed by atoms with Gasteiger partial charge in [0.05, 0.1) is 8.07 Å². The largest absolute Gasteiger partial charge is 0.421 e. The lowest BCUT2D eigenvalue weighted by atomic mass is 11.7. The average molecular weight is 160 g/mol. The fraction of sp³-hybridized carbons (Fsp3) is 1.00. The third-order valence-corrected chi connectivity index (χ3v) is 11.1. The highest BCUT2D eigenvalue weighted by atomic mass is 28.4. The Kier molecular flexibility index (Phi) is 1.61. The molecule has 3 heteroatoms. The minimum absolute atomic E-state index is 0.836. The first-order valence-electron chi connectivity index (χ1n) is 3.55. The first-order chi connectivity index (χ1) is 3.91. The van der Waals surface area contributed by atoms with Crippen LogP contribution in [-0.2, 0) is 4.43 Å². The maximum atomic E-state index is 5.76. The van der Waals surface area contributed by atoms with E-state index in [-0.39, 0.29) is 0 Å². The summed E-state index contributed by atoms with van der Waals surface area (Å²) in [5.41, 5.74) is 1.46. The standard InChI is InChI=1S/C6H16OSi2/c1-8(2)5-7-9(3,4)6-8/h5-6H2,1-4H3. The molecule has 0 saturated carbocycles. The molecular weight excluding hydrogens is 144 g/mol. The normalized spacial score (nSPS) is 30.7. The zero-order chi connectivity index (χ0) is 7.12. The quantitative estimate of drug-likeness (QED) is 0.493. The van der Waals surface area contributed by atoms with E-state index in [1.807, 2.05) is 0 Å². The monoisotopic (exact) mass is 160 g/mol. The Hall–Kier alpha value is 0.394. The molecule has 1 fully saturated rings. The van der Waals surface area contributed by atoms with Crippen molar-refractivity contribution in [2.75, 3.05) is 6.23 Å². The highest BCUT2D eigenvalue weighted by molar-refractivity contribution is 6.95. The van der Waals surface area contributed by atoms with Gasteiger partial charge in [-0.15, -0.1) is 0 Å². The van der Waals surface area contributed by atoms with Crippen LogP contribution in [0.2, 0.25) is 31.9 Å². The minimum atomic E-state index is -1.11. The molecule has 1 rings (SSSR count). The van der Waals surface area contributed by atoms with E-state index in [1.165, 1.54) is 5.67 Å². The third kappa shape index (κ3) is 1.91. The maximum absolute atomic E-state index is 5.76. The van der Waals surface area contributed by atoms with Gasteiger partial charge in [-0.3, -0.25) is 0 Å². The van der Waals surface area contributed by atoms with Gasteiger partial charge < -0.3 is 4.43 Å². The molecule has 1 aliphatic rings. The second-order valence-corrected chi connectivity index (χ2v) is 14.2. The van der Waals surface area contributed by atoms with Gasteiger partial charge in [-0.25, -0.2) is 0 Å². The Labute approximate surface area is 59.6 Å². The molecule has 0 aromatic rings. The fourth-order valence-electron chi connectivity index (χ4n) is 1.65. The van der Waals surface area contributed by atoms with Crippen LogP contribution >= 0.6 is 0 Å². The lowest BCUT2D eigenvalue weighted by Gasteiger charge is -2.13. The Morgan fingerprint density at radius 1 is 1.11 bits per heavy atom. The van der Waals surface area contributed by atoms with Gasteiger partial charge in [0, 0.05) is 6.23 Å². The lowest BCUT2D eigenvalue weighted by molar-refractivity contribution is 0.389. The lowest BCUT2D eigenvalue weighted by Crippen LogP contribution is -2.29. The van der Waals surface area contributed by atoms with E-state index in [0.717, 1.165) is 6.23 Å². The molecule has 0 aliphatic carbocycles. The summed E-state index contributed by atoms with van der Waals surface area (Å²) in [5, 5.41) is 0. The van der Waals surface area contributed by atoms with Crippen LogP contribution in [0.3, 0.4) is 0 Å². The predicted octanol–water partition coefficient (Wildman–Crippen LogP) is 2.01. The maximum Gasteiger partial charge on any atom is 0.183 e. The van der Waals surface area contributed by atoms with E-state index in [9.17, 15) is 0 Å². The molecule has 0 bridgehead atoms. The van der Waals surface area contributed by atoms with Gasteiger partial charge in [-0.05, 0) is 18.8 Å². The van der Waals surface area contributed by atoms with E-state index in [1.54, 1.807) is 0 Å². The van der Waals surface area contributed by atoms with Crippen molar-refractivity contribution in [3.63, 3.8) is 0 Å². The van der Waals surface area contributed by atoms with Crippen LogP contribution in [0.15, 0.2) is 0 Å². The zero-order valence-electron chi connectivity index (χ0n) is 6.82. The minimum Gasteiger partial charge on any atom is -0.421 e. The summed E-state index contributed by atoms with van der Waals surface area (Å²) in [5.74, 6) is 0. The van der Waals surface area contributed by atoms with Gasteiger partial charge in [-0.1, -0.05) is 13.1 Å². The van der Waals surface area contributed by atoms with E-state index in [2.05, 4.69) is 26.2 Å². The summed E-state index contributed by atoms with van der Waals surface area (Å²) < 4.78 is 5.76. The number of hydrogen-bond acceptors (Lipinski definition) is 1. The van der Waals surface area contributed by atoms with Gasteiger partial charge in [0.15, 0.2) is 8.32 Å². The van der Waals surface area contributed by atoms with Crippen LogP contribution in [0.4, 0.5) is 0 Å². The first kappa shape index (κ1) is 7.50. The summed E-state index contributed by atoms with van der Waals surface area (Å²) in [6.45, 7) is 9.51. The van der Waals surface area contributed by atoms with Crippen LogP contribution < -0.4 is 0 Å². The van der Waals surface area contributed by atoms with E-state index < -0.39 is 16.4 Å². The van der Waals surface area contributed by atoms with Gasteiger partial charge in [0.2, 0.25) is 0 Å². The second-order valence-electron chi connectivity index (χ2n) is 4.39. The topological polar surface area (TPSA) is 9.23 Å². The fourth-order valence-corrected chi connectivity index (χ4v) is 14.8. The molecule has 0 spiro atoms. The molecule has 1 heterocycles. The Morgan fingerprint density at radius 2 is 1.67 bits per heavy atom. The Balaban J connectivity index is 2.58. The third-order valence-electron chi connectivity index (χ3n) is 1.76. The molecule has 0 amide bonds. The second kappa shape index (κ2) is 1.94. The van der Waals surface area contributed by atoms with Gasteiger partial charge >= 0.3 is 0 Å². The molecule has 54 valence electrons. The van der Waals surface area contributed by atoms with E-state index in [4.69, 9.17) is 4.43 Å². The highest BCUT2D eigenvalue weighted by Gasteiger charge is 2.40. The summed E-state index contributed by atoms with van der Waals surface area (Å²) >= 11 is 0. The first-order valence-corrected chi connectivity index (χ1v) is 10.1. The van der Waals surface area contributed by atoms with Crippen molar-refractivity contribution >= 4 is 16.4 Å². The smallest absolute Gasteiger partial charge is 0.183 e. The predicted molar refractivity (Wildman–Crippen MR) is 45.7 cm³/mol. The number of rotatable bonds is 0. The SMILES string of the molecule is C[Si]1(C)CO[Si](C)(C)C1. The molecule has 0 radical (unpaired) electrons. The summed E-state index contributed by atoms with van der Waals surface area (Å²) in [4.78, 5) is 0. The molecule has 1 aliphatic heterocycles. The van der Waals surface area contributed by atoms with Crippen molar-refractivity contribution in [3.05, 3.63) is 0 Å². The van der Waals surface area contributed by atoms with Crippen LogP contribution in [0.1, 0.15) is 0 Å². The molecule has 1 nitrogen and oxygen atoms in total. The van der Waals surface area contributed by atoms with E-state index >= 15 is 0 Å². The Morgan fingerprint density at radius 3 is 1.78 bits per heavy atom. The summed E-state index contributed by atoms with van der Waals surface area (Å²) in [6, 6.07) is 0. The van der Waals surface area contributed by atoms with Crippen molar-refractivity contribution in [1.82, 2.24) is 0 Å². The van der Waals surface area contributed by atoms with Crippen molar-refractivity contribution in [2.24, 2.45) is 0 Å². The van der Waals surface area contributed by atoms with Crippen molar-refractivity contribution < 1.29 is 4.43 Å². The summed E-state index contributed by atoms with van der Waals surface area (Å²) in [6.07, 6.45) is 1.12. The van der Waals surface area contributed by atoms with Crippen LogP contribution in [0.5, 0.6) is 0 Å². The molecule has 0 N–H and O–H groups in total. The molecule has 0 atom stereocenters. The van der Waals surface area contributed by atoms with Gasteiger partial charge in [0.25, 0.3) is 0 Å². The molecule has 0 unspecified atom stereocenters. The molecule has 0 aromatic heterocycles. The van der Waals surface area contributed by atoms with Crippen LogP contribution in [-0.4, -0.2) is 22.6 Å². The van der Waals surface area contributed by atoms with E-state index in [0.29, 0.717) is 0 Å². The van der Waals surface area contributed by atoms with Crippen molar-refractivity contribution in [3.8, 4) is 0 Å². The highest BCUT2D eigenvalue weighted by Crippen LogP contribution is 2.28. The Bertz CT molecular complexity index is 106.